The van der Waals surface area contributed by atoms with Gasteiger partial charge in [0.2, 0.25) is 5.91 Å². The maximum atomic E-state index is 11.8. The number of hydrogen-bond donors (Lipinski definition) is 2. The van der Waals surface area contributed by atoms with Crippen LogP contribution in [0.25, 0.3) is 0 Å². The Balaban J connectivity index is 2.19. The van der Waals surface area contributed by atoms with Gasteiger partial charge in [-0.05, 0) is 25.7 Å². The van der Waals surface area contributed by atoms with Gasteiger partial charge < -0.3 is 10.6 Å². The minimum Gasteiger partial charge on any atom is -0.352 e. The molecule has 3 nitrogen and oxygen atoms in total. The third-order valence-electron chi connectivity index (χ3n) is 3.80. The fraction of sp³-hybridized carbons (Fsp3) is 0.929. The van der Waals surface area contributed by atoms with Crippen molar-refractivity contribution in [2.75, 3.05) is 6.54 Å². The third-order valence-corrected chi connectivity index (χ3v) is 3.80. The lowest BCUT2D eigenvalue weighted by Crippen LogP contribution is -2.43. The molecule has 0 aliphatic heterocycles. The monoisotopic (exact) mass is 240 g/mol. The van der Waals surface area contributed by atoms with Crippen molar-refractivity contribution in [2.45, 2.75) is 71.4 Å². The lowest BCUT2D eigenvalue weighted by atomic mass is 10.1. The Bertz CT molecular complexity index is 220. The SMILES string of the molecule is CC(C)C(C)NCC(=O)NC1CCCCCC1. The number of nitrogens with one attached hydrogen (secondary N) is 2. The van der Waals surface area contributed by atoms with Crippen LogP contribution in [-0.4, -0.2) is 24.5 Å². The summed E-state index contributed by atoms with van der Waals surface area (Å²) in [5.41, 5.74) is 0. The molecule has 100 valence electrons. The van der Waals surface area contributed by atoms with Gasteiger partial charge in [0.25, 0.3) is 0 Å². The predicted octanol–water partition coefficient (Wildman–Crippen LogP) is 2.46. The molecule has 0 saturated heterocycles. The average Bonchev–Trinajstić information content (AvgIpc) is 2.54. The summed E-state index contributed by atoms with van der Waals surface area (Å²) in [6.07, 6.45) is 7.50. The molecule has 1 fully saturated rings. The van der Waals surface area contributed by atoms with Crippen molar-refractivity contribution >= 4 is 5.91 Å². The Kier molecular flexibility index (Phi) is 6.56. The van der Waals surface area contributed by atoms with Crippen molar-refractivity contribution in [2.24, 2.45) is 5.92 Å². The van der Waals surface area contributed by atoms with Crippen LogP contribution in [0.5, 0.6) is 0 Å². The van der Waals surface area contributed by atoms with E-state index in [1.165, 1.54) is 25.7 Å². The number of rotatable bonds is 5. The van der Waals surface area contributed by atoms with Crippen molar-refractivity contribution in [3.8, 4) is 0 Å². The molecule has 3 heteroatoms. The Labute approximate surface area is 106 Å². The molecule has 0 aromatic carbocycles. The molecule has 0 heterocycles. The summed E-state index contributed by atoms with van der Waals surface area (Å²) in [5.74, 6) is 0.727. The number of carbonyl (C=O) groups excluding carboxylic acids is 1. The van der Waals surface area contributed by atoms with Crippen molar-refractivity contribution in [3.05, 3.63) is 0 Å². The van der Waals surface area contributed by atoms with Gasteiger partial charge in [-0.15, -0.1) is 0 Å². The minimum atomic E-state index is 0.157. The predicted molar refractivity (Wildman–Crippen MR) is 71.9 cm³/mol. The van der Waals surface area contributed by atoms with Crippen molar-refractivity contribution in [1.29, 1.82) is 0 Å². The molecule has 0 aromatic rings. The second kappa shape index (κ2) is 7.70. The van der Waals surface area contributed by atoms with Gasteiger partial charge in [-0.2, -0.15) is 0 Å². The number of hydrogen-bond acceptors (Lipinski definition) is 2. The molecule has 0 spiro atoms. The lowest BCUT2D eigenvalue weighted by molar-refractivity contribution is -0.121. The Hall–Kier alpha value is -0.570. The van der Waals surface area contributed by atoms with Crippen LogP contribution in [0.2, 0.25) is 0 Å². The molecule has 1 unspecified atom stereocenters. The molecule has 1 saturated carbocycles. The van der Waals surface area contributed by atoms with Gasteiger partial charge in [0.05, 0.1) is 6.54 Å². The van der Waals surface area contributed by atoms with Crippen LogP contribution in [0.4, 0.5) is 0 Å². The first-order valence-corrected chi connectivity index (χ1v) is 7.12. The quantitative estimate of drug-likeness (QED) is 0.725. The molecule has 1 rings (SSSR count). The van der Waals surface area contributed by atoms with Crippen LogP contribution in [0.3, 0.4) is 0 Å². The molecule has 0 bridgehead atoms. The zero-order valence-electron chi connectivity index (χ0n) is 11.6. The number of carbonyl (C=O) groups is 1. The summed E-state index contributed by atoms with van der Waals surface area (Å²) in [6.45, 7) is 6.92. The fourth-order valence-electron chi connectivity index (χ4n) is 2.19. The van der Waals surface area contributed by atoms with Gasteiger partial charge in [0, 0.05) is 12.1 Å². The summed E-state index contributed by atoms with van der Waals surface area (Å²) in [5, 5.41) is 6.43. The molecule has 2 N–H and O–H groups in total. The van der Waals surface area contributed by atoms with Crippen molar-refractivity contribution in [1.82, 2.24) is 10.6 Å². The van der Waals surface area contributed by atoms with Crippen LogP contribution in [0.1, 0.15) is 59.3 Å². The Morgan fingerprint density at radius 2 is 1.71 bits per heavy atom. The second-order valence-corrected chi connectivity index (χ2v) is 5.67. The first-order valence-electron chi connectivity index (χ1n) is 7.12. The van der Waals surface area contributed by atoms with E-state index in [0.29, 0.717) is 24.5 Å². The maximum Gasteiger partial charge on any atom is 0.234 e. The first kappa shape index (κ1) is 14.5. The van der Waals surface area contributed by atoms with Gasteiger partial charge in [0.15, 0.2) is 0 Å². The van der Waals surface area contributed by atoms with E-state index in [0.717, 1.165) is 12.8 Å². The average molecular weight is 240 g/mol. The van der Waals surface area contributed by atoms with E-state index < -0.39 is 0 Å². The largest absolute Gasteiger partial charge is 0.352 e. The van der Waals surface area contributed by atoms with Crippen molar-refractivity contribution < 1.29 is 4.79 Å². The van der Waals surface area contributed by atoms with E-state index in [4.69, 9.17) is 0 Å². The van der Waals surface area contributed by atoms with Crippen molar-refractivity contribution in [3.63, 3.8) is 0 Å². The van der Waals surface area contributed by atoms with E-state index in [1.54, 1.807) is 0 Å². The van der Waals surface area contributed by atoms with Crippen LogP contribution in [0, 0.1) is 5.92 Å². The van der Waals surface area contributed by atoms with Gasteiger partial charge in [-0.25, -0.2) is 0 Å². The molecule has 1 aliphatic carbocycles. The van der Waals surface area contributed by atoms with Crippen LogP contribution in [-0.2, 0) is 4.79 Å². The summed E-state index contributed by atoms with van der Waals surface area (Å²) in [4.78, 5) is 11.8. The summed E-state index contributed by atoms with van der Waals surface area (Å²) in [6, 6.07) is 0.816. The summed E-state index contributed by atoms with van der Waals surface area (Å²) >= 11 is 0. The normalized spacial score (nSPS) is 20.0. The van der Waals surface area contributed by atoms with Gasteiger partial charge in [-0.3, -0.25) is 4.79 Å². The van der Waals surface area contributed by atoms with Crippen LogP contribution >= 0.6 is 0 Å². The molecule has 1 aliphatic rings. The molecule has 0 radical (unpaired) electrons. The van der Waals surface area contributed by atoms with E-state index in [2.05, 4.69) is 31.4 Å². The van der Waals surface area contributed by atoms with E-state index in [9.17, 15) is 4.79 Å². The topological polar surface area (TPSA) is 41.1 Å². The summed E-state index contributed by atoms with van der Waals surface area (Å²) in [7, 11) is 0. The van der Waals surface area contributed by atoms with E-state index in [1.807, 2.05) is 0 Å². The van der Waals surface area contributed by atoms with Gasteiger partial charge in [-0.1, -0.05) is 39.5 Å². The second-order valence-electron chi connectivity index (χ2n) is 5.67. The lowest BCUT2D eigenvalue weighted by Gasteiger charge is -2.20. The molecule has 17 heavy (non-hydrogen) atoms. The first-order chi connectivity index (χ1) is 8.09. The summed E-state index contributed by atoms with van der Waals surface area (Å²) < 4.78 is 0. The fourth-order valence-corrected chi connectivity index (χ4v) is 2.19. The van der Waals surface area contributed by atoms with Gasteiger partial charge in [0.1, 0.15) is 0 Å². The zero-order chi connectivity index (χ0) is 12.7. The molecule has 1 amide bonds. The molecule has 1 atom stereocenters. The Morgan fingerprint density at radius 1 is 1.12 bits per heavy atom. The van der Waals surface area contributed by atoms with Crippen LogP contribution in [0.15, 0.2) is 0 Å². The highest BCUT2D eigenvalue weighted by Crippen LogP contribution is 2.16. The molecular formula is C14H28N2O. The zero-order valence-corrected chi connectivity index (χ0v) is 11.6. The van der Waals surface area contributed by atoms with Gasteiger partial charge >= 0.3 is 0 Å². The number of amides is 1. The highest BCUT2D eigenvalue weighted by Gasteiger charge is 2.15. The highest BCUT2D eigenvalue weighted by atomic mass is 16.1. The third kappa shape index (κ3) is 6.06. The molecular weight excluding hydrogens is 212 g/mol. The van der Waals surface area contributed by atoms with E-state index >= 15 is 0 Å². The highest BCUT2D eigenvalue weighted by molar-refractivity contribution is 5.78. The smallest absolute Gasteiger partial charge is 0.234 e. The molecule has 0 aromatic heterocycles. The van der Waals surface area contributed by atoms with E-state index in [-0.39, 0.29) is 5.91 Å². The van der Waals surface area contributed by atoms with Crippen LogP contribution < -0.4 is 10.6 Å². The minimum absolute atomic E-state index is 0.157. The standard InChI is InChI=1S/C14H28N2O/c1-11(2)12(3)15-10-14(17)16-13-8-6-4-5-7-9-13/h11-13,15H,4-10H2,1-3H3,(H,16,17). The maximum absolute atomic E-state index is 11.8. The Morgan fingerprint density at radius 3 is 2.24 bits per heavy atom.